The summed E-state index contributed by atoms with van der Waals surface area (Å²) in [4.78, 5) is 11.8. The van der Waals surface area contributed by atoms with Gasteiger partial charge >= 0.3 is 0 Å². The third-order valence-electron chi connectivity index (χ3n) is 3.62. The molecule has 1 aliphatic carbocycles. The van der Waals surface area contributed by atoms with Crippen molar-refractivity contribution in [1.29, 1.82) is 0 Å². The van der Waals surface area contributed by atoms with Crippen LogP contribution in [0.15, 0.2) is 24.3 Å². The van der Waals surface area contributed by atoms with Gasteiger partial charge in [0.2, 0.25) is 5.91 Å². The summed E-state index contributed by atoms with van der Waals surface area (Å²) in [6, 6.07) is 8.59. The summed E-state index contributed by atoms with van der Waals surface area (Å²) in [7, 11) is 1.89. The number of carbonyl (C=O) groups excluding carboxylic acids is 1. The van der Waals surface area contributed by atoms with E-state index in [0.717, 1.165) is 32.4 Å². The maximum absolute atomic E-state index is 11.8. The molecule has 1 aromatic rings. The molecule has 0 spiro atoms. The number of hydrogen-bond donors (Lipinski definition) is 2. The van der Waals surface area contributed by atoms with E-state index in [9.17, 15) is 4.79 Å². The first kappa shape index (κ1) is 16.0. The van der Waals surface area contributed by atoms with E-state index in [1.165, 1.54) is 11.1 Å². The number of aryl methyl sites for hydroxylation is 1. The Morgan fingerprint density at radius 3 is 2.74 bits per heavy atom. The molecule has 0 fully saturated rings. The summed E-state index contributed by atoms with van der Waals surface area (Å²) in [6.07, 6.45) is 3.97. The second kappa shape index (κ2) is 8.18. The van der Waals surface area contributed by atoms with Crippen molar-refractivity contribution >= 4 is 18.3 Å². The molecule has 1 unspecified atom stereocenters. The van der Waals surface area contributed by atoms with Crippen LogP contribution in [0.1, 0.15) is 24.0 Å². The third-order valence-corrected chi connectivity index (χ3v) is 3.62. The lowest BCUT2D eigenvalue weighted by Gasteiger charge is -2.24. The molecule has 0 saturated heterocycles. The molecule has 2 N–H and O–H groups in total. The number of benzene rings is 1. The van der Waals surface area contributed by atoms with Gasteiger partial charge in [0, 0.05) is 19.5 Å². The predicted octanol–water partition coefficient (Wildman–Crippen LogP) is 1.94. The number of carbonyl (C=O) groups is 1. The quantitative estimate of drug-likeness (QED) is 0.811. The van der Waals surface area contributed by atoms with Crippen LogP contribution in [-0.2, 0) is 17.6 Å². The van der Waals surface area contributed by atoms with Gasteiger partial charge in [0.05, 0.1) is 0 Å². The van der Waals surface area contributed by atoms with Gasteiger partial charge in [-0.3, -0.25) is 4.79 Å². The van der Waals surface area contributed by atoms with Crippen LogP contribution >= 0.6 is 12.4 Å². The average molecular weight is 283 g/mol. The van der Waals surface area contributed by atoms with Crippen LogP contribution in [0.5, 0.6) is 0 Å². The van der Waals surface area contributed by atoms with Gasteiger partial charge in [0.25, 0.3) is 0 Å². The molecular formula is C15H23ClN2O. The highest BCUT2D eigenvalue weighted by Crippen LogP contribution is 2.27. The van der Waals surface area contributed by atoms with E-state index >= 15 is 0 Å². The van der Waals surface area contributed by atoms with Crippen LogP contribution in [0, 0.1) is 5.92 Å². The minimum atomic E-state index is 0. The summed E-state index contributed by atoms with van der Waals surface area (Å²) < 4.78 is 0. The van der Waals surface area contributed by atoms with Gasteiger partial charge < -0.3 is 10.6 Å². The monoisotopic (exact) mass is 282 g/mol. The smallest absolute Gasteiger partial charge is 0.220 e. The Morgan fingerprint density at radius 2 is 2.00 bits per heavy atom. The SMILES string of the molecule is CNCCNC(=O)CC1CCc2ccccc2C1.Cl. The van der Waals surface area contributed by atoms with E-state index in [1.54, 1.807) is 0 Å². The van der Waals surface area contributed by atoms with Crippen molar-refractivity contribution in [2.45, 2.75) is 25.7 Å². The fourth-order valence-electron chi connectivity index (χ4n) is 2.61. The predicted molar refractivity (Wildman–Crippen MR) is 80.8 cm³/mol. The van der Waals surface area contributed by atoms with Gasteiger partial charge in [-0.25, -0.2) is 0 Å². The maximum Gasteiger partial charge on any atom is 0.220 e. The first-order valence-corrected chi connectivity index (χ1v) is 6.77. The molecule has 0 bridgehead atoms. The van der Waals surface area contributed by atoms with Crippen LogP contribution in [0.3, 0.4) is 0 Å². The molecule has 0 aromatic heterocycles. The first-order chi connectivity index (χ1) is 8.79. The zero-order valence-corrected chi connectivity index (χ0v) is 12.3. The molecule has 1 amide bonds. The van der Waals surface area contributed by atoms with E-state index < -0.39 is 0 Å². The lowest BCUT2D eigenvalue weighted by molar-refractivity contribution is -0.122. The zero-order valence-electron chi connectivity index (χ0n) is 11.4. The van der Waals surface area contributed by atoms with E-state index in [1.807, 2.05) is 7.05 Å². The van der Waals surface area contributed by atoms with Crippen molar-refractivity contribution in [2.24, 2.45) is 5.92 Å². The average Bonchev–Trinajstić information content (AvgIpc) is 2.39. The van der Waals surface area contributed by atoms with Crippen molar-refractivity contribution in [3.63, 3.8) is 0 Å². The Morgan fingerprint density at radius 1 is 1.26 bits per heavy atom. The lowest BCUT2D eigenvalue weighted by atomic mass is 9.82. The van der Waals surface area contributed by atoms with Gasteiger partial charge in [0.15, 0.2) is 0 Å². The highest BCUT2D eigenvalue weighted by atomic mass is 35.5. The lowest BCUT2D eigenvalue weighted by Crippen LogP contribution is -2.32. The standard InChI is InChI=1S/C15H22N2O.ClH/c1-16-8-9-17-15(18)11-12-6-7-13-4-2-3-5-14(13)10-12;/h2-5,12,16H,6-11H2,1H3,(H,17,18);1H. The van der Waals surface area contributed by atoms with E-state index in [0.29, 0.717) is 12.3 Å². The second-order valence-corrected chi connectivity index (χ2v) is 5.04. The van der Waals surface area contributed by atoms with E-state index in [2.05, 4.69) is 34.9 Å². The highest BCUT2D eigenvalue weighted by Gasteiger charge is 2.20. The fraction of sp³-hybridized carbons (Fsp3) is 0.533. The number of hydrogen-bond acceptors (Lipinski definition) is 2. The van der Waals surface area contributed by atoms with Crippen LogP contribution in [0.25, 0.3) is 0 Å². The van der Waals surface area contributed by atoms with Gasteiger partial charge in [-0.1, -0.05) is 24.3 Å². The topological polar surface area (TPSA) is 41.1 Å². The molecule has 1 aliphatic rings. The molecule has 106 valence electrons. The fourth-order valence-corrected chi connectivity index (χ4v) is 2.61. The van der Waals surface area contributed by atoms with E-state index in [-0.39, 0.29) is 18.3 Å². The Balaban J connectivity index is 0.00000180. The van der Waals surface area contributed by atoms with Crippen molar-refractivity contribution < 1.29 is 4.79 Å². The Kier molecular flexibility index (Phi) is 6.89. The van der Waals surface area contributed by atoms with Crippen LogP contribution in [0.2, 0.25) is 0 Å². The van der Waals surface area contributed by atoms with Gasteiger partial charge in [-0.05, 0) is 43.4 Å². The maximum atomic E-state index is 11.8. The summed E-state index contributed by atoms with van der Waals surface area (Å²) >= 11 is 0. The molecule has 2 rings (SSSR count). The number of nitrogens with one attached hydrogen (secondary N) is 2. The molecule has 1 atom stereocenters. The molecule has 0 heterocycles. The number of halogens is 1. The highest BCUT2D eigenvalue weighted by molar-refractivity contribution is 5.85. The van der Waals surface area contributed by atoms with E-state index in [4.69, 9.17) is 0 Å². The normalized spacial score (nSPS) is 17.2. The van der Waals surface area contributed by atoms with Crippen LogP contribution in [0.4, 0.5) is 0 Å². The van der Waals surface area contributed by atoms with Crippen molar-refractivity contribution in [1.82, 2.24) is 10.6 Å². The van der Waals surface area contributed by atoms with Crippen molar-refractivity contribution in [3.05, 3.63) is 35.4 Å². The molecule has 0 radical (unpaired) electrons. The molecule has 4 heteroatoms. The molecular weight excluding hydrogens is 260 g/mol. The second-order valence-electron chi connectivity index (χ2n) is 5.04. The number of rotatable bonds is 5. The first-order valence-electron chi connectivity index (χ1n) is 6.77. The van der Waals surface area contributed by atoms with Crippen molar-refractivity contribution in [3.8, 4) is 0 Å². The van der Waals surface area contributed by atoms with Crippen molar-refractivity contribution in [2.75, 3.05) is 20.1 Å². The third kappa shape index (κ3) is 4.84. The molecule has 19 heavy (non-hydrogen) atoms. The summed E-state index contributed by atoms with van der Waals surface area (Å²) in [5, 5.41) is 5.98. The Bertz CT molecular complexity index is 409. The molecule has 0 aliphatic heterocycles. The zero-order chi connectivity index (χ0) is 12.8. The minimum absolute atomic E-state index is 0. The number of amides is 1. The number of likely N-dealkylation sites (N-methyl/N-ethyl adjacent to an activating group) is 1. The molecule has 0 saturated carbocycles. The van der Waals surface area contributed by atoms with Crippen LogP contribution < -0.4 is 10.6 Å². The summed E-state index contributed by atoms with van der Waals surface area (Å²) in [6.45, 7) is 1.55. The van der Waals surface area contributed by atoms with Gasteiger partial charge in [0.1, 0.15) is 0 Å². The molecule has 1 aromatic carbocycles. The largest absolute Gasteiger partial charge is 0.355 e. The number of fused-ring (bicyclic) bond motifs is 1. The van der Waals surface area contributed by atoms with Gasteiger partial charge in [-0.2, -0.15) is 0 Å². The Labute approximate surface area is 121 Å². The van der Waals surface area contributed by atoms with Gasteiger partial charge in [-0.15, -0.1) is 12.4 Å². The summed E-state index contributed by atoms with van der Waals surface area (Å²) in [5.74, 6) is 0.698. The Hall–Kier alpha value is -1.06. The molecule has 3 nitrogen and oxygen atoms in total. The summed E-state index contributed by atoms with van der Waals surface area (Å²) in [5.41, 5.74) is 2.89. The van der Waals surface area contributed by atoms with Crippen LogP contribution in [-0.4, -0.2) is 26.0 Å². The minimum Gasteiger partial charge on any atom is -0.355 e.